The molecule has 0 saturated carbocycles. The van der Waals surface area contributed by atoms with Crippen LogP contribution < -0.4 is 30.0 Å². The first-order chi connectivity index (χ1) is 31.6. The van der Waals surface area contributed by atoms with Crippen molar-refractivity contribution in [3.63, 3.8) is 0 Å². The molecular weight excluding hydrogens is 839 g/mol. The van der Waals surface area contributed by atoms with Crippen LogP contribution in [-0.2, 0) is 36.8 Å². The molecule has 0 aliphatic heterocycles. The number of nitrogens with two attached hydrogens (primary N) is 1. The highest BCUT2D eigenvalue weighted by atomic mass is 16.6. The van der Waals surface area contributed by atoms with Gasteiger partial charge < -0.3 is 44.4 Å². The molecule has 66 heavy (non-hydrogen) atoms. The standard InChI is InChI=1S/C53H63N3O10/c1-33(2)26-44(51(59)66-53(3,4)5)56(31-41-40-28-35(61-6)29-46(62-7)49(40)47(63-8)30-45(41)64-25-17-16-24-48(54)57)50(58)43(27-34-18-10-9-11-19-34)55-52(60)65-32-42-38-22-14-12-20-36(38)37-21-13-15-23-39(37)42/h9-15,18-23,28-30,33,42-44H,16-17,24-27,31-32H2,1-8H3,(H2,54,57)(H,55,60)/t43-,44+/m1/s1. The molecule has 13 nitrogen and oxygen atoms in total. The number of hydrogen-bond acceptors (Lipinski definition) is 10. The Labute approximate surface area is 387 Å². The number of fused-ring (bicyclic) bond motifs is 4. The Morgan fingerprint density at radius 3 is 1.98 bits per heavy atom. The number of rotatable bonds is 21. The molecule has 1 aliphatic carbocycles. The van der Waals surface area contributed by atoms with Crippen molar-refractivity contribution >= 4 is 34.6 Å². The number of nitrogens with one attached hydrogen (secondary N) is 1. The van der Waals surface area contributed by atoms with Gasteiger partial charge in [-0.25, -0.2) is 9.59 Å². The molecule has 1 aliphatic rings. The first kappa shape index (κ1) is 48.7. The van der Waals surface area contributed by atoms with Gasteiger partial charge in [-0.05, 0) is 79.8 Å². The van der Waals surface area contributed by atoms with Gasteiger partial charge in [0.1, 0.15) is 47.3 Å². The molecule has 5 aromatic carbocycles. The van der Waals surface area contributed by atoms with Crippen LogP contribution in [0, 0.1) is 5.92 Å². The zero-order valence-corrected chi connectivity index (χ0v) is 39.3. The van der Waals surface area contributed by atoms with Crippen molar-refractivity contribution in [3.8, 4) is 34.1 Å². The van der Waals surface area contributed by atoms with E-state index in [0.29, 0.717) is 52.2 Å². The van der Waals surface area contributed by atoms with Crippen molar-refractivity contribution in [1.82, 2.24) is 10.2 Å². The molecule has 0 aromatic heterocycles. The number of ether oxygens (including phenoxy) is 6. The molecule has 0 radical (unpaired) electrons. The summed E-state index contributed by atoms with van der Waals surface area (Å²) in [5.41, 5.74) is 10.1. The third-order valence-corrected chi connectivity index (χ3v) is 11.5. The number of carbonyl (C=O) groups excluding carboxylic acids is 4. The number of amides is 3. The van der Waals surface area contributed by atoms with Gasteiger partial charge in [0.15, 0.2) is 0 Å². The Kier molecular flexibility index (Phi) is 16.2. The van der Waals surface area contributed by atoms with Gasteiger partial charge in [0.2, 0.25) is 11.8 Å². The van der Waals surface area contributed by atoms with E-state index in [-0.39, 0.29) is 50.9 Å². The largest absolute Gasteiger partial charge is 0.497 e. The number of methoxy groups -OCH3 is 3. The highest BCUT2D eigenvalue weighted by Gasteiger charge is 2.39. The molecule has 5 aromatic rings. The average molecular weight is 902 g/mol. The molecule has 350 valence electrons. The van der Waals surface area contributed by atoms with Gasteiger partial charge in [-0.2, -0.15) is 0 Å². The van der Waals surface area contributed by atoms with Crippen molar-refractivity contribution in [2.24, 2.45) is 11.7 Å². The number of nitrogens with zero attached hydrogens (tertiary/aromatic N) is 1. The number of primary amides is 1. The van der Waals surface area contributed by atoms with Crippen molar-refractivity contribution in [2.45, 2.75) is 96.9 Å². The fourth-order valence-electron chi connectivity index (χ4n) is 8.52. The summed E-state index contributed by atoms with van der Waals surface area (Å²) in [5.74, 6) is -0.146. The van der Waals surface area contributed by atoms with Crippen molar-refractivity contribution in [3.05, 3.63) is 119 Å². The normalized spacial score (nSPS) is 13.0. The maximum Gasteiger partial charge on any atom is 0.407 e. The second kappa shape index (κ2) is 21.9. The number of unbranched alkanes of at least 4 members (excludes halogenated alkanes) is 1. The first-order valence-electron chi connectivity index (χ1n) is 22.5. The van der Waals surface area contributed by atoms with Gasteiger partial charge in [-0.15, -0.1) is 0 Å². The van der Waals surface area contributed by atoms with Gasteiger partial charge in [-0.3, -0.25) is 9.59 Å². The van der Waals surface area contributed by atoms with E-state index in [0.717, 1.165) is 27.8 Å². The van der Waals surface area contributed by atoms with E-state index in [1.165, 1.54) is 26.2 Å². The minimum absolute atomic E-state index is 0.0331. The fourth-order valence-corrected chi connectivity index (χ4v) is 8.52. The molecule has 13 heteroatoms. The Morgan fingerprint density at radius 1 is 0.773 bits per heavy atom. The van der Waals surface area contributed by atoms with E-state index in [9.17, 15) is 14.4 Å². The molecule has 0 saturated heterocycles. The van der Waals surface area contributed by atoms with Crippen LogP contribution in [0.5, 0.6) is 23.0 Å². The number of alkyl carbamates (subject to hydrolysis) is 1. The molecule has 2 atom stereocenters. The fraction of sp³-hybridized carbons (Fsp3) is 0.396. The van der Waals surface area contributed by atoms with Crippen LogP contribution in [-0.4, -0.2) is 81.0 Å². The lowest BCUT2D eigenvalue weighted by atomic mass is 9.96. The maximum atomic E-state index is 15.7. The summed E-state index contributed by atoms with van der Waals surface area (Å²) in [7, 11) is 4.61. The zero-order valence-electron chi connectivity index (χ0n) is 39.3. The molecule has 0 heterocycles. The van der Waals surface area contributed by atoms with Crippen LogP contribution in [0.25, 0.3) is 21.9 Å². The van der Waals surface area contributed by atoms with Gasteiger partial charge in [0, 0.05) is 41.8 Å². The number of carbonyl (C=O) groups is 4. The zero-order chi connectivity index (χ0) is 47.5. The quantitative estimate of drug-likeness (QED) is 0.0536. The summed E-state index contributed by atoms with van der Waals surface area (Å²) >= 11 is 0. The Hall–Kier alpha value is -6.76. The topological polar surface area (TPSA) is 165 Å². The summed E-state index contributed by atoms with van der Waals surface area (Å²) in [4.78, 5) is 57.5. The average Bonchev–Trinajstić information content (AvgIpc) is 3.61. The lowest BCUT2D eigenvalue weighted by molar-refractivity contribution is -0.166. The van der Waals surface area contributed by atoms with Gasteiger partial charge in [0.25, 0.3) is 0 Å². The Balaban J connectivity index is 1.45. The summed E-state index contributed by atoms with van der Waals surface area (Å²) in [6.07, 6.45) is 0.724. The minimum atomic E-state index is -1.20. The van der Waals surface area contributed by atoms with Crippen LogP contribution in [0.1, 0.15) is 88.5 Å². The summed E-state index contributed by atoms with van der Waals surface area (Å²) in [5, 5.41) is 4.09. The molecular formula is C53H63N3O10. The first-order valence-corrected chi connectivity index (χ1v) is 22.5. The summed E-state index contributed by atoms with van der Waals surface area (Å²) in [6, 6.07) is 28.4. The SMILES string of the molecule is COc1cc(OC)c2c(OC)cc(OCCCCC(N)=O)c(CN(C(=O)[C@@H](Cc3ccccc3)NC(=O)OCC3c4ccccc4-c4ccccc43)[C@@H](CC(C)C)C(=O)OC(C)(C)C)c2c1. The Morgan fingerprint density at radius 2 is 1.39 bits per heavy atom. The van der Waals surface area contributed by atoms with E-state index in [2.05, 4.69) is 17.4 Å². The van der Waals surface area contributed by atoms with E-state index < -0.39 is 41.6 Å². The molecule has 0 fully saturated rings. The predicted molar refractivity (Wildman–Crippen MR) is 254 cm³/mol. The minimum Gasteiger partial charge on any atom is -0.497 e. The van der Waals surface area contributed by atoms with E-state index >= 15 is 4.79 Å². The molecule has 6 rings (SSSR count). The lowest BCUT2D eigenvalue weighted by Crippen LogP contribution is -2.55. The smallest absolute Gasteiger partial charge is 0.407 e. The van der Waals surface area contributed by atoms with E-state index in [1.807, 2.05) is 80.6 Å². The Bertz CT molecular complexity index is 2450. The van der Waals surface area contributed by atoms with Crippen LogP contribution >= 0.6 is 0 Å². The van der Waals surface area contributed by atoms with Crippen LogP contribution in [0.3, 0.4) is 0 Å². The van der Waals surface area contributed by atoms with Crippen LogP contribution in [0.2, 0.25) is 0 Å². The second-order valence-electron chi connectivity index (χ2n) is 17.9. The third-order valence-electron chi connectivity index (χ3n) is 11.5. The van der Waals surface area contributed by atoms with Crippen molar-refractivity contribution in [2.75, 3.05) is 34.5 Å². The van der Waals surface area contributed by atoms with E-state index in [4.69, 9.17) is 34.2 Å². The highest BCUT2D eigenvalue weighted by Crippen LogP contribution is 2.46. The van der Waals surface area contributed by atoms with Crippen molar-refractivity contribution in [1.29, 1.82) is 0 Å². The number of esters is 1. The summed E-state index contributed by atoms with van der Waals surface area (Å²) in [6.45, 7) is 9.32. The highest BCUT2D eigenvalue weighted by molar-refractivity contribution is 5.99. The number of hydrogen-bond donors (Lipinski definition) is 2. The molecule has 0 spiro atoms. The van der Waals surface area contributed by atoms with Gasteiger partial charge in [-0.1, -0.05) is 92.7 Å². The molecule has 0 bridgehead atoms. The molecule has 3 amide bonds. The van der Waals surface area contributed by atoms with Crippen LogP contribution in [0.4, 0.5) is 4.79 Å². The third kappa shape index (κ3) is 11.9. The lowest BCUT2D eigenvalue weighted by Gasteiger charge is -2.36. The van der Waals surface area contributed by atoms with Crippen LogP contribution in [0.15, 0.2) is 97.1 Å². The monoisotopic (exact) mass is 901 g/mol. The summed E-state index contributed by atoms with van der Waals surface area (Å²) < 4.78 is 36.1. The van der Waals surface area contributed by atoms with E-state index in [1.54, 1.807) is 39.0 Å². The predicted octanol–water partition coefficient (Wildman–Crippen LogP) is 9.14. The molecule has 3 N–H and O–H groups in total. The van der Waals surface area contributed by atoms with Gasteiger partial charge in [0.05, 0.1) is 39.9 Å². The maximum absolute atomic E-state index is 15.7. The van der Waals surface area contributed by atoms with Crippen molar-refractivity contribution < 1.29 is 47.6 Å². The number of benzene rings is 5. The molecule has 0 unspecified atom stereocenters. The van der Waals surface area contributed by atoms with Gasteiger partial charge >= 0.3 is 12.1 Å². The second-order valence-corrected chi connectivity index (χ2v) is 17.9.